The third-order valence-electron chi connectivity index (χ3n) is 3.54. The van der Waals surface area contributed by atoms with Gasteiger partial charge < -0.3 is 5.32 Å². The summed E-state index contributed by atoms with van der Waals surface area (Å²) in [5.74, 6) is 0. The van der Waals surface area contributed by atoms with E-state index in [1.54, 1.807) is 25.2 Å². The molecule has 0 saturated carbocycles. The second-order valence-corrected chi connectivity index (χ2v) is 7.10. The summed E-state index contributed by atoms with van der Waals surface area (Å²) in [6.45, 7) is 7.65. The predicted octanol–water partition coefficient (Wildman–Crippen LogP) is 2.61. The first kappa shape index (κ1) is 17.1. The minimum Gasteiger partial charge on any atom is -0.313 e. The highest BCUT2D eigenvalue weighted by atomic mass is 32.2. The maximum atomic E-state index is 12.5. The molecule has 5 heteroatoms. The Kier molecular flexibility index (Phi) is 6.65. The van der Waals surface area contributed by atoms with E-state index in [4.69, 9.17) is 0 Å². The molecule has 1 atom stereocenters. The zero-order valence-corrected chi connectivity index (χ0v) is 13.7. The largest absolute Gasteiger partial charge is 0.313 e. The second kappa shape index (κ2) is 7.76. The van der Waals surface area contributed by atoms with Gasteiger partial charge in [-0.15, -0.1) is 0 Å². The van der Waals surface area contributed by atoms with E-state index in [1.165, 1.54) is 4.31 Å². The lowest BCUT2D eigenvalue weighted by Crippen LogP contribution is -2.34. The van der Waals surface area contributed by atoms with Gasteiger partial charge in [-0.1, -0.05) is 26.0 Å². The normalized spacial score (nSPS) is 13.7. The molecular weight excluding hydrogens is 272 g/mol. The van der Waals surface area contributed by atoms with Crippen LogP contribution in [0.1, 0.15) is 39.2 Å². The highest BCUT2D eigenvalue weighted by Gasteiger charge is 2.24. The number of benzene rings is 1. The van der Waals surface area contributed by atoms with Crippen LogP contribution in [0.4, 0.5) is 0 Å². The Hall–Kier alpha value is -0.910. The molecule has 0 aliphatic rings. The standard InChI is InChI=1S/C15H26N2O2S/c1-5-10-16-12-14-8-7-9-15(11-14)20(18,19)17(4)13(3)6-2/h7-9,11,13,16H,5-6,10,12H2,1-4H3. The molecule has 0 heterocycles. The lowest BCUT2D eigenvalue weighted by Gasteiger charge is -2.23. The molecule has 0 aliphatic heterocycles. The lowest BCUT2D eigenvalue weighted by molar-refractivity contribution is 0.380. The van der Waals surface area contributed by atoms with E-state index in [1.807, 2.05) is 19.9 Å². The van der Waals surface area contributed by atoms with Gasteiger partial charge in [0.2, 0.25) is 10.0 Å². The average molecular weight is 298 g/mol. The van der Waals surface area contributed by atoms with Crippen LogP contribution in [0, 0.1) is 0 Å². The van der Waals surface area contributed by atoms with Crippen molar-refractivity contribution in [1.82, 2.24) is 9.62 Å². The molecule has 0 fully saturated rings. The summed E-state index contributed by atoms with van der Waals surface area (Å²) >= 11 is 0. The molecule has 1 aromatic carbocycles. The van der Waals surface area contributed by atoms with Crippen LogP contribution in [-0.4, -0.2) is 32.4 Å². The van der Waals surface area contributed by atoms with Gasteiger partial charge in [-0.2, -0.15) is 4.31 Å². The molecule has 0 aliphatic carbocycles. The first-order valence-electron chi connectivity index (χ1n) is 7.21. The van der Waals surface area contributed by atoms with Crippen LogP contribution in [0.5, 0.6) is 0 Å². The van der Waals surface area contributed by atoms with E-state index >= 15 is 0 Å². The smallest absolute Gasteiger partial charge is 0.243 e. The van der Waals surface area contributed by atoms with Crippen molar-refractivity contribution in [3.8, 4) is 0 Å². The third kappa shape index (κ3) is 4.30. The quantitative estimate of drug-likeness (QED) is 0.751. The van der Waals surface area contributed by atoms with Gasteiger partial charge in [-0.25, -0.2) is 8.42 Å². The molecule has 0 bridgehead atoms. The number of hydrogen-bond donors (Lipinski definition) is 1. The molecule has 0 amide bonds. The van der Waals surface area contributed by atoms with Gasteiger partial charge in [-0.3, -0.25) is 0 Å². The molecule has 0 aromatic heterocycles. The Bertz CT molecular complexity index is 514. The first-order chi connectivity index (χ1) is 9.43. The van der Waals surface area contributed by atoms with Crippen molar-refractivity contribution in [3.05, 3.63) is 29.8 Å². The van der Waals surface area contributed by atoms with Crippen molar-refractivity contribution in [2.45, 2.75) is 51.1 Å². The fraction of sp³-hybridized carbons (Fsp3) is 0.600. The number of nitrogens with one attached hydrogen (secondary N) is 1. The Morgan fingerprint density at radius 3 is 2.60 bits per heavy atom. The molecule has 1 rings (SSSR count). The second-order valence-electron chi connectivity index (χ2n) is 5.10. The minimum absolute atomic E-state index is 0.00173. The summed E-state index contributed by atoms with van der Waals surface area (Å²) in [6.07, 6.45) is 1.86. The minimum atomic E-state index is -3.40. The summed E-state index contributed by atoms with van der Waals surface area (Å²) in [5, 5.41) is 3.28. The van der Waals surface area contributed by atoms with E-state index < -0.39 is 10.0 Å². The topological polar surface area (TPSA) is 49.4 Å². The van der Waals surface area contributed by atoms with E-state index in [0.717, 1.165) is 24.9 Å². The fourth-order valence-corrected chi connectivity index (χ4v) is 3.39. The molecule has 0 saturated heterocycles. The molecule has 20 heavy (non-hydrogen) atoms. The monoisotopic (exact) mass is 298 g/mol. The molecular formula is C15H26N2O2S. The van der Waals surface area contributed by atoms with Crippen molar-refractivity contribution < 1.29 is 8.42 Å². The molecule has 0 radical (unpaired) electrons. The molecule has 114 valence electrons. The Balaban J connectivity index is 2.92. The van der Waals surface area contributed by atoms with E-state index in [0.29, 0.717) is 11.4 Å². The van der Waals surface area contributed by atoms with Gasteiger partial charge in [0.25, 0.3) is 0 Å². The van der Waals surface area contributed by atoms with E-state index in [9.17, 15) is 8.42 Å². The maximum absolute atomic E-state index is 12.5. The SMILES string of the molecule is CCCNCc1cccc(S(=O)(=O)N(C)C(C)CC)c1. The van der Waals surface area contributed by atoms with Crippen LogP contribution in [-0.2, 0) is 16.6 Å². The number of rotatable bonds is 8. The van der Waals surface area contributed by atoms with Gasteiger partial charge in [0.1, 0.15) is 0 Å². The Labute approximate surface area is 123 Å². The third-order valence-corrected chi connectivity index (χ3v) is 5.51. The zero-order chi connectivity index (χ0) is 15.2. The Morgan fingerprint density at radius 2 is 2.00 bits per heavy atom. The molecule has 1 aromatic rings. The van der Waals surface area contributed by atoms with Crippen LogP contribution < -0.4 is 5.32 Å². The lowest BCUT2D eigenvalue weighted by atomic mass is 10.2. The summed E-state index contributed by atoms with van der Waals surface area (Å²) in [5.41, 5.74) is 0.997. The van der Waals surface area contributed by atoms with Crippen molar-refractivity contribution in [3.63, 3.8) is 0 Å². The predicted molar refractivity (Wildman–Crippen MR) is 83.1 cm³/mol. The van der Waals surface area contributed by atoms with Crippen molar-refractivity contribution in [1.29, 1.82) is 0 Å². The van der Waals surface area contributed by atoms with Gasteiger partial charge in [-0.05, 0) is 44.0 Å². The van der Waals surface area contributed by atoms with Crippen molar-refractivity contribution in [2.75, 3.05) is 13.6 Å². The Morgan fingerprint density at radius 1 is 1.30 bits per heavy atom. The van der Waals surface area contributed by atoms with Crippen molar-refractivity contribution >= 4 is 10.0 Å². The molecule has 0 spiro atoms. The molecule has 1 unspecified atom stereocenters. The van der Waals surface area contributed by atoms with Crippen LogP contribution in [0.25, 0.3) is 0 Å². The van der Waals surface area contributed by atoms with Gasteiger partial charge >= 0.3 is 0 Å². The average Bonchev–Trinajstić information content (AvgIpc) is 2.46. The summed E-state index contributed by atoms with van der Waals surface area (Å²) in [6, 6.07) is 7.18. The first-order valence-corrected chi connectivity index (χ1v) is 8.65. The van der Waals surface area contributed by atoms with E-state index in [2.05, 4.69) is 12.2 Å². The molecule has 4 nitrogen and oxygen atoms in total. The van der Waals surface area contributed by atoms with Gasteiger partial charge in [0, 0.05) is 19.6 Å². The fourth-order valence-electron chi connectivity index (χ4n) is 1.89. The highest BCUT2D eigenvalue weighted by Crippen LogP contribution is 2.18. The van der Waals surface area contributed by atoms with Crippen molar-refractivity contribution in [2.24, 2.45) is 0 Å². The summed E-state index contributed by atoms with van der Waals surface area (Å²) in [7, 11) is -1.75. The highest BCUT2D eigenvalue weighted by molar-refractivity contribution is 7.89. The van der Waals surface area contributed by atoms with Gasteiger partial charge in [0.05, 0.1) is 4.90 Å². The van der Waals surface area contributed by atoms with Crippen LogP contribution in [0.15, 0.2) is 29.2 Å². The summed E-state index contributed by atoms with van der Waals surface area (Å²) < 4.78 is 26.5. The number of nitrogens with zero attached hydrogens (tertiary/aromatic N) is 1. The summed E-state index contributed by atoms with van der Waals surface area (Å²) in [4.78, 5) is 0.371. The molecule has 1 N–H and O–H groups in total. The number of hydrogen-bond acceptors (Lipinski definition) is 3. The van der Waals surface area contributed by atoms with E-state index in [-0.39, 0.29) is 6.04 Å². The zero-order valence-electron chi connectivity index (χ0n) is 12.9. The maximum Gasteiger partial charge on any atom is 0.243 e. The number of sulfonamides is 1. The van der Waals surface area contributed by atoms with Crippen LogP contribution >= 0.6 is 0 Å². The van der Waals surface area contributed by atoms with Crippen LogP contribution in [0.3, 0.4) is 0 Å². The van der Waals surface area contributed by atoms with Crippen LogP contribution in [0.2, 0.25) is 0 Å². The van der Waals surface area contributed by atoms with Gasteiger partial charge in [0.15, 0.2) is 0 Å².